The molecule has 7 heteroatoms. The molecule has 7 nitrogen and oxygen atoms in total. The fourth-order valence-electron chi connectivity index (χ4n) is 3.14. The second kappa shape index (κ2) is 8.02. The SMILES string of the molecule is O=C(Cn1cnc2ccccc2c1=O)N(Cc1ccco1)Cc1ccccc1O. The number of aromatic nitrogens is 2. The monoisotopic (exact) mass is 389 g/mol. The lowest BCUT2D eigenvalue weighted by Crippen LogP contribution is -2.36. The highest BCUT2D eigenvalue weighted by molar-refractivity contribution is 5.79. The number of rotatable bonds is 6. The molecule has 0 unspecified atom stereocenters. The van der Waals surface area contributed by atoms with Crippen molar-refractivity contribution in [1.29, 1.82) is 0 Å². The van der Waals surface area contributed by atoms with Crippen molar-refractivity contribution >= 4 is 16.8 Å². The van der Waals surface area contributed by atoms with Crippen LogP contribution in [0.2, 0.25) is 0 Å². The van der Waals surface area contributed by atoms with Gasteiger partial charge in [0.2, 0.25) is 5.91 Å². The Hall–Kier alpha value is -3.87. The topological polar surface area (TPSA) is 88.6 Å². The predicted octanol–water partition coefficient (Wildman–Crippen LogP) is 2.92. The molecular formula is C22H19N3O4. The van der Waals surface area contributed by atoms with Crippen LogP contribution in [0, 0.1) is 0 Å². The van der Waals surface area contributed by atoms with Gasteiger partial charge in [-0.2, -0.15) is 0 Å². The highest BCUT2D eigenvalue weighted by Gasteiger charge is 2.19. The highest BCUT2D eigenvalue weighted by atomic mass is 16.3. The van der Waals surface area contributed by atoms with Gasteiger partial charge in [-0.3, -0.25) is 14.2 Å². The summed E-state index contributed by atoms with van der Waals surface area (Å²) in [6, 6.07) is 17.4. The lowest BCUT2D eigenvalue weighted by atomic mass is 10.2. The molecular weight excluding hydrogens is 370 g/mol. The third-order valence-electron chi connectivity index (χ3n) is 4.67. The molecule has 29 heavy (non-hydrogen) atoms. The first-order valence-electron chi connectivity index (χ1n) is 9.13. The molecule has 2 aromatic heterocycles. The van der Waals surface area contributed by atoms with Gasteiger partial charge in [-0.25, -0.2) is 4.98 Å². The predicted molar refractivity (Wildman–Crippen MR) is 107 cm³/mol. The summed E-state index contributed by atoms with van der Waals surface area (Å²) < 4.78 is 6.67. The molecule has 0 aliphatic heterocycles. The molecule has 4 rings (SSSR count). The molecule has 0 bridgehead atoms. The Bertz CT molecular complexity index is 1200. The van der Waals surface area contributed by atoms with Gasteiger partial charge in [0.25, 0.3) is 5.56 Å². The number of hydrogen-bond donors (Lipinski definition) is 1. The summed E-state index contributed by atoms with van der Waals surface area (Å²) in [5.41, 5.74) is 0.920. The molecule has 0 spiro atoms. The van der Waals surface area contributed by atoms with Crippen LogP contribution >= 0.6 is 0 Å². The first kappa shape index (κ1) is 18.5. The van der Waals surface area contributed by atoms with E-state index in [1.165, 1.54) is 22.1 Å². The van der Waals surface area contributed by atoms with E-state index in [0.717, 1.165) is 0 Å². The molecule has 146 valence electrons. The van der Waals surface area contributed by atoms with Crippen LogP contribution in [0.4, 0.5) is 0 Å². The van der Waals surface area contributed by atoms with Crippen LogP contribution < -0.4 is 5.56 Å². The molecule has 0 saturated heterocycles. The number of benzene rings is 2. The number of carbonyl (C=O) groups excluding carboxylic acids is 1. The third-order valence-corrected chi connectivity index (χ3v) is 4.67. The van der Waals surface area contributed by atoms with Crippen LogP contribution in [0.15, 0.2) is 82.5 Å². The summed E-state index contributed by atoms with van der Waals surface area (Å²) >= 11 is 0. The lowest BCUT2D eigenvalue weighted by Gasteiger charge is -2.22. The lowest BCUT2D eigenvalue weighted by molar-refractivity contribution is -0.133. The molecule has 0 saturated carbocycles. The molecule has 0 radical (unpaired) electrons. The van der Waals surface area contributed by atoms with E-state index in [4.69, 9.17) is 4.42 Å². The zero-order valence-electron chi connectivity index (χ0n) is 15.6. The average molecular weight is 389 g/mol. The summed E-state index contributed by atoms with van der Waals surface area (Å²) in [5.74, 6) is 0.427. The number of phenols is 1. The number of hydrogen-bond acceptors (Lipinski definition) is 5. The van der Waals surface area contributed by atoms with E-state index < -0.39 is 0 Å². The summed E-state index contributed by atoms with van der Waals surface area (Å²) in [4.78, 5) is 31.6. The standard InChI is InChI=1S/C22H19N3O4/c26-20-10-4-1-6-16(20)12-24(13-17-7-5-11-29-17)21(27)14-25-15-23-19-9-3-2-8-18(19)22(25)28/h1-11,15,26H,12-14H2. The average Bonchev–Trinajstić information content (AvgIpc) is 3.24. The van der Waals surface area contributed by atoms with Gasteiger partial charge in [0, 0.05) is 12.1 Å². The quantitative estimate of drug-likeness (QED) is 0.548. The van der Waals surface area contributed by atoms with E-state index in [9.17, 15) is 14.7 Å². The maximum atomic E-state index is 13.1. The van der Waals surface area contributed by atoms with Crippen LogP contribution in [0.25, 0.3) is 10.9 Å². The number of fused-ring (bicyclic) bond motifs is 1. The van der Waals surface area contributed by atoms with Gasteiger partial charge in [0.05, 0.1) is 30.0 Å². The van der Waals surface area contributed by atoms with E-state index in [1.807, 2.05) is 6.07 Å². The van der Waals surface area contributed by atoms with Gasteiger partial charge in [0.1, 0.15) is 18.1 Å². The van der Waals surface area contributed by atoms with Crippen molar-refractivity contribution in [2.75, 3.05) is 0 Å². The molecule has 2 heterocycles. The molecule has 0 atom stereocenters. The molecule has 0 aliphatic rings. The number of amides is 1. The van der Waals surface area contributed by atoms with Gasteiger partial charge in [-0.1, -0.05) is 30.3 Å². The van der Waals surface area contributed by atoms with Gasteiger partial charge < -0.3 is 14.4 Å². The summed E-state index contributed by atoms with van der Waals surface area (Å²) in [5, 5.41) is 10.6. The molecule has 4 aromatic rings. The summed E-state index contributed by atoms with van der Waals surface area (Å²) in [6.07, 6.45) is 2.92. The number of furan rings is 1. The number of carbonyl (C=O) groups is 1. The Morgan fingerprint density at radius 3 is 2.62 bits per heavy atom. The van der Waals surface area contributed by atoms with Crippen LogP contribution in [0.5, 0.6) is 5.75 Å². The smallest absolute Gasteiger partial charge is 0.261 e. The normalized spacial score (nSPS) is 10.9. The van der Waals surface area contributed by atoms with E-state index in [0.29, 0.717) is 22.2 Å². The fraction of sp³-hybridized carbons (Fsp3) is 0.136. The van der Waals surface area contributed by atoms with Crippen molar-refractivity contribution in [3.8, 4) is 5.75 Å². The Labute approximate surface area is 166 Å². The zero-order chi connectivity index (χ0) is 20.2. The Morgan fingerprint density at radius 2 is 1.83 bits per heavy atom. The zero-order valence-corrected chi connectivity index (χ0v) is 15.6. The maximum Gasteiger partial charge on any atom is 0.261 e. The van der Waals surface area contributed by atoms with Crippen molar-refractivity contribution in [2.45, 2.75) is 19.6 Å². The van der Waals surface area contributed by atoms with Crippen molar-refractivity contribution in [2.24, 2.45) is 0 Å². The van der Waals surface area contributed by atoms with E-state index in [-0.39, 0.29) is 36.9 Å². The minimum absolute atomic E-state index is 0.106. The summed E-state index contributed by atoms with van der Waals surface area (Å²) in [6.45, 7) is 0.239. The van der Waals surface area contributed by atoms with Crippen molar-refractivity contribution in [3.63, 3.8) is 0 Å². The molecule has 1 amide bonds. The van der Waals surface area contributed by atoms with Crippen LogP contribution in [-0.4, -0.2) is 25.5 Å². The second-order valence-corrected chi connectivity index (χ2v) is 6.65. The first-order chi connectivity index (χ1) is 14.1. The van der Waals surface area contributed by atoms with Gasteiger partial charge in [-0.05, 0) is 30.3 Å². The largest absolute Gasteiger partial charge is 0.508 e. The van der Waals surface area contributed by atoms with Crippen molar-refractivity contribution < 1.29 is 14.3 Å². The number of para-hydroxylation sites is 2. The molecule has 2 aromatic carbocycles. The number of nitrogens with zero attached hydrogens (tertiary/aromatic N) is 3. The van der Waals surface area contributed by atoms with E-state index >= 15 is 0 Å². The van der Waals surface area contributed by atoms with Crippen molar-refractivity contribution in [1.82, 2.24) is 14.5 Å². The number of aromatic hydroxyl groups is 1. The van der Waals surface area contributed by atoms with Crippen molar-refractivity contribution in [3.05, 3.63) is 94.9 Å². The van der Waals surface area contributed by atoms with Crippen LogP contribution in [-0.2, 0) is 24.4 Å². The van der Waals surface area contributed by atoms with Gasteiger partial charge >= 0.3 is 0 Å². The van der Waals surface area contributed by atoms with Crippen LogP contribution in [0.1, 0.15) is 11.3 Å². The van der Waals surface area contributed by atoms with Gasteiger partial charge in [0.15, 0.2) is 0 Å². The van der Waals surface area contributed by atoms with E-state index in [1.54, 1.807) is 54.6 Å². The summed E-state index contributed by atoms with van der Waals surface area (Å²) in [7, 11) is 0. The van der Waals surface area contributed by atoms with Gasteiger partial charge in [-0.15, -0.1) is 0 Å². The fourth-order valence-corrected chi connectivity index (χ4v) is 3.14. The maximum absolute atomic E-state index is 13.1. The first-order valence-corrected chi connectivity index (χ1v) is 9.13. The third kappa shape index (κ3) is 4.03. The minimum Gasteiger partial charge on any atom is -0.508 e. The highest BCUT2D eigenvalue weighted by Crippen LogP contribution is 2.19. The second-order valence-electron chi connectivity index (χ2n) is 6.65. The molecule has 1 N–H and O–H groups in total. The Kier molecular flexibility index (Phi) is 5.11. The number of phenolic OH excluding ortho intramolecular Hbond substituents is 1. The Balaban J connectivity index is 1.62. The van der Waals surface area contributed by atoms with Crippen LogP contribution in [0.3, 0.4) is 0 Å². The molecule has 0 aliphatic carbocycles. The minimum atomic E-state index is -0.288. The molecule has 0 fully saturated rings. The Morgan fingerprint density at radius 1 is 1.03 bits per heavy atom. The van der Waals surface area contributed by atoms with E-state index in [2.05, 4.69) is 4.98 Å².